The van der Waals surface area contributed by atoms with E-state index in [0.717, 1.165) is 10.4 Å². The Morgan fingerprint density at radius 3 is 2.44 bits per heavy atom. The fourth-order valence-electron chi connectivity index (χ4n) is 2.30. The maximum absolute atomic E-state index is 12.8. The zero-order valence-electron chi connectivity index (χ0n) is 13.2. The number of methoxy groups -OCH3 is 1. The average Bonchev–Trinajstić information content (AvgIpc) is 3.33. The van der Waals surface area contributed by atoms with Crippen molar-refractivity contribution in [3.8, 4) is 0 Å². The van der Waals surface area contributed by atoms with Gasteiger partial charge >= 0.3 is 5.97 Å². The predicted octanol–water partition coefficient (Wildman–Crippen LogP) is 3.66. The van der Waals surface area contributed by atoms with Crippen LogP contribution in [0.15, 0.2) is 63.5 Å². The molecule has 2 heterocycles. The molecule has 130 valence electrons. The molecule has 5 nitrogen and oxygen atoms in total. The number of carbonyl (C=O) groups excluding carboxylic acids is 1. The number of hydrogen-bond donors (Lipinski definition) is 1. The van der Waals surface area contributed by atoms with Gasteiger partial charge in [-0.05, 0) is 58.1 Å². The van der Waals surface area contributed by atoms with Gasteiger partial charge < -0.3 is 4.74 Å². The van der Waals surface area contributed by atoms with E-state index in [-0.39, 0.29) is 4.90 Å². The minimum absolute atomic E-state index is 0.0944. The topological polar surface area (TPSA) is 72.5 Å². The Hall–Kier alpha value is -2.00. The molecule has 0 saturated carbocycles. The first kappa shape index (κ1) is 17.8. The monoisotopic (exact) mass is 393 g/mol. The van der Waals surface area contributed by atoms with Crippen molar-refractivity contribution in [2.24, 2.45) is 0 Å². The second-order valence-corrected chi connectivity index (χ2v) is 8.62. The van der Waals surface area contributed by atoms with Crippen molar-refractivity contribution in [2.75, 3.05) is 7.11 Å². The summed E-state index contributed by atoms with van der Waals surface area (Å²) in [6, 6.07) is 10.9. The summed E-state index contributed by atoms with van der Waals surface area (Å²) in [6.45, 7) is 0. The fourth-order valence-corrected chi connectivity index (χ4v) is 5.06. The lowest BCUT2D eigenvalue weighted by molar-refractivity contribution is 0.0600. The van der Waals surface area contributed by atoms with Gasteiger partial charge in [0.05, 0.1) is 23.6 Å². The standard InChI is InChI=1S/C17H15NO4S3/c1-22-17(19)12-4-6-14(7-5-12)25(20,21)18-16(13-8-10-23-11-13)15-3-2-9-24-15/h2-11,16,18H,1H3. The van der Waals surface area contributed by atoms with Gasteiger partial charge in [0.25, 0.3) is 0 Å². The number of benzene rings is 1. The molecule has 25 heavy (non-hydrogen) atoms. The van der Waals surface area contributed by atoms with Crippen LogP contribution in [0.2, 0.25) is 0 Å². The SMILES string of the molecule is COC(=O)c1ccc(S(=O)(=O)NC(c2ccsc2)c2cccs2)cc1. The molecular weight excluding hydrogens is 378 g/mol. The molecule has 0 bridgehead atoms. The summed E-state index contributed by atoms with van der Waals surface area (Å²) in [5.74, 6) is -0.508. The van der Waals surface area contributed by atoms with Crippen LogP contribution in [-0.4, -0.2) is 21.5 Å². The Balaban J connectivity index is 1.90. The van der Waals surface area contributed by atoms with Crippen molar-refractivity contribution in [3.05, 3.63) is 74.6 Å². The zero-order chi connectivity index (χ0) is 17.9. The number of carbonyl (C=O) groups is 1. The van der Waals surface area contributed by atoms with Crippen LogP contribution in [0.3, 0.4) is 0 Å². The van der Waals surface area contributed by atoms with Crippen LogP contribution < -0.4 is 4.72 Å². The highest BCUT2D eigenvalue weighted by molar-refractivity contribution is 7.89. The lowest BCUT2D eigenvalue weighted by Gasteiger charge is -2.17. The summed E-state index contributed by atoms with van der Waals surface area (Å²) in [6.07, 6.45) is 0. The van der Waals surface area contributed by atoms with Gasteiger partial charge in [0.1, 0.15) is 0 Å². The highest BCUT2D eigenvalue weighted by Gasteiger charge is 2.24. The van der Waals surface area contributed by atoms with Crippen molar-refractivity contribution in [1.82, 2.24) is 4.72 Å². The van der Waals surface area contributed by atoms with Gasteiger partial charge in [-0.15, -0.1) is 11.3 Å². The Kier molecular flexibility index (Phi) is 5.33. The van der Waals surface area contributed by atoms with Gasteiger partial charge in [0, 0.05) is 4.88 Å². The number of nitrogens with one attached hydrogen (secondary N) is 1. The summed E-state index contributed by atoms with van der Waals surface area (Å²) in [7, 11) is -2.47. The van der Waals surface area contributed by atoms with Crippen molar-refractivity contribution >= 4 is 38.7 Å². The summed E-state index contributed by atoms with van der Waals surface area (Å²) < 4.78 is 32.9. The number of sulfonamides is 1. The molecule has 0 saturated heterocycles. The van der Waals surface area contributed by atoms with Crippen molar-refractivity contribution < 1.29 is 17.9 Å². The summed E-state index contributed by atoms with van der Waals surface area (Å²) in [4.78, 5) is 12.5. The zero-order valence-corrected chi connectivity index (χ0v) is 15.7. The van der Waals surface area contributed by atoms with Crippen LogP contribution in [-0.2, 0) is 14.8 Å². The first-order valence-corrected chi connectivity index (χ1v) is 10.6. The Morgan fingerprint density at radius 1 is 1.12 bits per heavy atom. The van der Waals surface area contributed by atoms with Crippen LogP contribution in [0, 0.1) is 0 Å². The largest absolute Gasteiger partial charge is 0.465 e. The van der Waals surface area contributed by atoms with E-state index >= 15 is 0 Å². The number of ether oxygens (including phenoxy) is 1. The molecule has 8 heteroatoms. The lowest BCUT2D eigenvalue weighted by Crippen LogP contribution is -2.28. The van der Waals surface area contributed by atoms with E-state index in [1.807, 2.05) is 34.3 Å². The number of esters is 1. The highest BCUT2D eigenvalue weighted by Crippen LogP contribution is 2.29. The molecule has 0 amide bonds. The van der Waals surface area contributed by atoms with Gasteiger partial charge in [-0.2, -0.15) is 16.1 Å². The molecule has 0 aliphatic carbocycles. The van der Waals surface area contributed by atoms with E-state index in [1.54, 1.807) is 0 Å². The molecule has 3 aromatic rings. The maximum atomic E-state index is 12.8. The molecule has 1 N–H and O–H groups in total. The Labute approximate surface area is 154 Å². The van der Waals surface area contributed by atoms with E-state index in [1.165, 1.54) is 54.0 Å². The van der Waals surface area contributed by atoms with Crippen molar-refractivity contribution in [1.29, 1.82) is 0 Å². The molecule has 2 aromatic heterocycles. The van der Waals surface area contributed by atoms with Crippen molar-refractivity contribution in [3.63, 3.8) is 0 Å². The predicted molar refractivity (Wildman–Crippen MR) is 98.6 cm³/mol. The van der Waals surface area contributed by atoms with Gasteiger partial charge in [-0.1, -0.05) is 6.07 Å². The molecule has 1 unspecified atom stereocenters. The van der Waals surface area contributed by atoms with Crippen LogP contribution in [0.1, 0.15) is 26.8 Å². The van der Waals surface area contributed by atoms with Gasteiger partial charge in [0.2, 0.25) is 10.0 Å². The third-order valence-electron chi connectivity index (χ3n) is 3.56. The smallest absolute Gasteiger partial charge is 0.337 e. The third-order valence-corrected chi connectivity index (χ3v) is 6.64. The lowest BCUT2D eigenvalue weighted by atomic mass is 10.1. The van der Waals surface area contributed by atoms with Crippen LogP contribution in [0.25, 0.3) is 0 Å². The minimum Gasteiger partial charge on any atom is -0.465 e. The molecule has 0 aliphatic heterocycles. The molecule has 0 radical (unpaired) electrons. The normalized spacial score (nSPS) is 12.7. The average molecular weight is 394 g/mol. The van der Waals surface area contributed by atoms with E-state index in [2.05, 4.69) is 9.46 Å². The van der Waals surface area contributed by atoms with Gasteiger partial charge in [-0.3, -0.25) is 0 Å². The summed E-state index contributed by atoms with van der Waals surface area (Å²) in [5, 5.41) is 5.75. The molecule has 3 rings (SSSR count). The maximum Gasteiger partial charge on any atom is 0.337 e. The summed E-state index contributed by atoms with van der Waals surface area (Å²) >= 11 is 3.00. The van der Waals surface area contributed by atoms with E-state index < -0.39 is 22.0 Å². The number of hydrogen-bond acceptors (Lipinski definition) is 6. The van der Waals surface area contributed by atoms with Crippen LogP contribution >= 0.6 is 22.7 Å². The molecular formula is C17H15NO4S3. The third kappa shape index (κ3) is 3.98. The second-order valence-electron chi connectivity index (χ2n) is 5.14. The van der Waals surface area contributed by atoms with Crippen molar-refractivity contribution in [2.45, 2.75) is 10.9 Å². The second kappa shape index (κ2) is 7.49. The molecule has 1 atom stereocenters. The summed E-state index contributed by atoms with van der Waals surface area (Å²) in [5.41, 5.74) is 1.19. The number of rotatable bonds is 6. The Morgan fingerprint density at radius 2 is 1.88 bits per heavy atom. The molecule has 0 spiro atoms. The quantitative estimate of drug-likeness (QED) is 0.649. The van der Waals surface area contributed by atoms with Crippen LogP contribution in [0.4, 0.5) is 0 Å². The van der Waals surface area contributed by atoms with E-state index in [9.17, 15) is 13.2 Å². The first-order chi connectivity index (χ1) is 12.0. The number of thiophene rings is 2. The minimum atomic E-state index is -3.75. The first-order valence-electron chi connectivity index (χ1n) is 7.27. The Bertz CT molecular complexity index is 896. The van der Waals surface area contributed by atoms with E-state index in [0.29, 0.717) is 5.56 Å². The molecule has 0 fully saturated rings. The molecule has 0 aliphatic rings. The molecule has 1 aromatic carbocycles. The van der Waals surface area contributed by atoms with Gasteiger partial charge in [0.15, 0.2) is 0 Å². The van der Waals surface area contributed by atoms with Crippen LogP contribution in [0.5, 0.6) is 0 Å². The highest BCUT2D eigenvalue weighted by atomic mass is 32.2. The van der Waals surface area contributed by atoms with Gasteiger partial charge in [-0.25, -0.2) is 13.2 Å². The fraction of sp³-hybridized carbons (Fsp3) is 0.118. The van der Waals surface area contributed by atoms with E-state index in [4.69, 9.17) is 0 Å².